The Morgan fingerprint density at radius 1 is 1.17 bits per heavy atom. The van der Waals surface area contributed by atoms with E-state index in [0.717, 1.165) is 4.90 Å². The fourth-order valence-corrected chi connectivity index (χ4v) is 3.28. The molecule has 0 aliphatic carbocycles. The first-order chi connectivity index (χ1) is 13.9. The second-order valence-electron chi connectivity index (χ2n) is 6.39. The van der Waals surface area contributed by atoms with E-state index in [-0.39, 0.29) is 22.8 Å². The van der Waals surface area contributed by atoms with E-state index in [9.17, 15) is 24.5 Å². The normalized spacial score (nSPS) is 20.2. The van der Waals surface area contributed by atoms with Crippen LogP contribution in [0.15, 0.2) is 53.7 Å². The van der Waals surface area contributed by atoms with Gasteiger partial charge in [-0.05, 0) is 24.3 Å². The summed E-state index contributed by atoms with van der Waals surface area (Å²) in [6.45, 7) is 1.26. The number of carbonyl (C=O) groups excluding carboxylic acids is 3. The van der Waals surface area contributed by atoms with Crippen LogP contribution in [0.5, 0.6) is 5.75 Å². The number of rotatable bonds is 4. The Hall–Kier alpha value is -4.08. The summed E-state index contributed by atoms with van der Waals surface area (Å²) in [5.74, 6) is -2.37. The molecule has 0 spiro atoms. The van der Waals surface area contributed by atoms with Gasteiger partial charge in [0.15, 0.2) is 0 Å². The third-order valence-corrected chi connectivity index (χ3v) is 4.52. The molecule has 0 unspecified atom stereocenters. The van der Waals surface area contributed by atoms with Crippen molar-refractivity contribution in [3.63, 3.8) is 0 Å². The molecule has 29 heavy (non-hydrogen) atoms. The van der Waals surface area contributed by atoms with E-state index in [2.05, 4.69) is 5.16 Å². The van der Waals surface area contributed by atoms with Gasteiger partial charge in [0.25, 0.3) is 11.6 Å². The number of amides is 2. The van der Waals surface area contributed by atoms with E-state index in [1.165, 1.54) is 49.4 Å². The number of hydrogen-bond donors (Lipinski definition) is 0. The van der Waals surface area contributed by atoms with Crippen molar-refractivity contribution in [1.82, 2.24) is 0 Å². The molecule has 0 bridgehead atoms. The Morgan fingerprint density at radius 3 is 2.55 bits per heavy atom. The average molecular weight is 395 g/mol. The summed E-state index contributed by atoms with van der Waals surface area (Å²) in [7, 11) is 0. The molecule has 0 radical (unpaired) electrons. The van der Waals surface area contributed by atoms with Gasteiger partial charge >= 0.3 is 5.97 Å². The highest BCUT2D eigenvalue weighted by atomic mass is 16.7. The Kier molecular flexibility index (Phi) is 4.30. The topological polar surface area (TPSA) is 128 Å². The van der Waals surface area contributed by atoms with Gasteiger partial charge in [-0.15, -0.1) is 0 Å². The van der Waals surface area contributed by atoms with E-state index in [1.54, 1.807) is 6.07 Å². The number of hydrogen-bond acceptors (Lipinski definition) is 8. The molecule has 10 nitrogen and oxygen atoms in total. The average Bonchev–Trinajstić information content (AvgIpc) is 3.23. The number of imide groups is 1. The van der Waals surface area contributed by atoms with Gasteiger partial charge < -0.3 is 9.57 Å². The van der Waals surface area contributed by atoms with Crippen LogP contribution in [0.3, 0.4) is 0 Å². The van der Waals surface area contributed by atoms with Crippen molar-refractivity contribution in [2.75, 3.05) is 4.90 Å². The molecule has 2 aromatic carbocycles. The van der Waals surface area contributed by atoms with Crippen molar-refractivity contribution in [3.8, 4) is 5.75 Å². The summed E-state index contributed by atoms with van der Waals surface area (Å²) >= 11 is 0. The zero-order chi connectivity index (χ0) is 20.7. The molecule has 2 amide bonds. The van der Waals surface area contributed by atoms with Gasteiger partial charge in [-0.1, -0.05) is 17.3 Å². The number of fused-ring (bicyclic) bond motifs is 1. The molecule has 2 heterocycles. The van der Waals surface area contributed by atoms with Crippen molar-refractivity contribution >= 4 is 34.9 Å². The lowest BCUT2D eigenvalue weighted by atomic mass is 9.94. The molecule has 2 aliphatic rings. The van der Waals surface area contributed by atoms with Crippen molar-refractivity contribution in [3.05, 3.63) is 64.2 Å². The van der Waals surface area contributed by atoms with Crippen LogP contribution < -0.4 is 9.64 Å². The van der Waals surface area contributed by atoms with Gasteiger partial charge in [0.1, 0.15) is 17.4 Å². The maximum absolute atomic E-state index is 13.0. The van der Waals surface area contributed by atoms with Gasteiger partial charge in [-0.3, -0.25) is 24.5 Å². The number of esters is 1. The molecule has 2 aliphatic heterocycles. The molecule has 1 saturated heterocycles. The van der Waals surface area contributed by atoms with E-state index in [4.69, 9.17) is 9.57 Å². The standard InChI is InChI=1S/C19H13N3O7/c1-10(23)28-14-7-5-12(6-8-14)21-18(24)15-16(20-29-17(15)19(21)25)11-3-2-4-13(9-11)22(26)27/h2-9,15,17H,1H3/t15-,17-/m1/s1. The number of anilines is 1. The molecule has 4 rings (SSSR count). The summed E-state index contributed by atoms with van der Waals surface area (Å²) in [6, 6.07) is 11.5. The zero-order valence-electron chi connectivity index (χ0n) is 15.0. The SMILES string of the molecule is CC(=O)Oc1ccc(N2C(=O)[C@@H]3C(c4cccc([N+](=O)[O-])c4)=NO[C@H]3C2=O)cc1. The highest BCUT2D eigenvalue weighted by molar-refractivity contribution is 6.32. The quantitative estimate of drug-likeness (QED) is 0.254. The summed E-state index contributed by atoms with van der Waals surface area (Å²) in [6.07, 6.45) is -1.13. The third-order valence-electron chi connectivity index (χ3n) is 4.52. The Balaban J connectivity index is 1.63. The van der Waals surface area contributed by atoms with Gasteiger partial charge in [0.2, 0.25) is 12.0 Å². The lowest BCUT2D eigenvalue weighted by molar-refractivity contribution is -0.384. The van der Waals surface area contributed by atoms with Gasteiger partial charge in [0, 0.05) is 24.6 Å². The van der Waals surface area contributed by atoms with E-state index >= 15 is 0 Å². The molecule has 146 valence electrons. The first-order valence-electron chi connectivity index (χ1n) is 8.51. The predicted octanol–water partition coefficient (Wildman–Crippen LogP) is 1.81. The fraction of sp³-hybridized carbons (Fsp3) is 0.158. The summed E-state index contributed by atoms with van der Waals surface area (Å²) < 4.78 is 4.94. The molecule has 0 N–H and O–H groups in total. The van der Waals surface area contributed by atoms with Crippen molar-refractivity contribution < 1.29 is 28.9 Å². The molecule has 10 heteroatoms. The van der Waals surface area contributed by atoms with Crippen molar-refractivity contribution in [2.45, 2.75) is 13.0 Å². The number of non-ortho nitro benzene ring substituents is 1. The molecule has 2 aromatic rings. The van der Waals surface area contributed by atoms with Crippen LogP contribution in [0, 0.1) is 16.0 Å². The molecular weight excluding hydrogens is 382 g/mol. The second kappa shape index (κ2) is 6.82. The highest BCUT2D eigenvalue weighted by Gasteiger charge is 2.56. The first-order valence-corrected chi connectivity index (χ1v) is 8.51. The maximum atomic E-state index is 13.0. The van der Waals surface area contributed by atoms with E-state index in [1.807, 2.05) is 0 Å². The summed E-state index contributed by atoms with van der Waals surface area (Å²) in [5, 5.41) is 14.9. The number of oxime groups is 1. The number of nitro groups is 1. The number of nitrogens with zero attached hydrogens (tertiary/aromatic N) is 3. The smallest absolute Gasteiger partial charge is 0.308 e. The monoisotopic (exact) mass is 395 g/mol. The van der Waals surface area contributed by atoms with Gasteiger partial charge in [0.05, 0.1) is 10.6 Å². The van der Waals surface area contributed by atoms with Crippen LogP contribution in [-0.2, 0) is 19.2 Å². The molecular formula is C19H13N3O7. The van der Waals surface area contributed by atoms with E-state index < -0.39 is 34.7 Å². The van der Waals surface area contributed by atoms with Crippen LogP contribution in [0.2, 0.25) is 0 Å². The maximum Gasteiger partial charge on any atom is 0.308 e. The van der Waals surface area contributed by atoms with Crippen LogP contribution >= 0.6 is 0 Å². The Bertz CT molecular complexity index is 1080. The minimum Gasteiger partial charge on any atom is -0.427 e. The third kappa shape index (κ3) is 3.10. The minimum absolute atomic E-state index is 0.163. The highest BCUT2D eigenvalue weighted by Crippen LogP contribution is 2.36. The molecule has 0 saturated carbocycles. The summed E-state index contributed by atoms with van der Waals surface area (Å²) in [4.78, 5) is 53.3. The lowest BCUT2D eigenvalue weighted by Gasteiger charge is -2.15. The number of ether oxygens (including phenoxy) is 1. The van der Waals surface area contributed by atoms with Crippen LogP contribution in [0.25, 0.3) is 0 Å². The number of nitro benzene ring substituents is 1. The van der Waals surface area contributed by atoms with Crippen LogP contribution in [-0.4, -0.2) is 34.5 Å². The van der Waals surface area contributed by atoms with E-state index in [0.29, 0.717) is 5.56 Å². The fourth-order valence-electron chi connectivity index (χ4n) is 3.28. The zero-order valence-corrected chi connectivity index (χ0v) is 15.0. The summed E-state index contributed by atoms with van der Waals surface area (Å²) in [5.41, 5.74) is 0.617. The van der Waals surface area contributed by atoms with Crippen LogP contribution in [0.1, 0.15) is 12.5 Å². The van der Waals surface area contributed by atoms with Crippen molar-refractivity contribution in [1.29, 1.82) is 0 Å². The predicted molar refractivity (Wildman–Crippen MR) is 98.2 cm³/mol. The molecule has 1 fully saturated rings. The lowest BCUT2D eigenvalue weighted by Crippen LogP contribution is -2.33. The first kappa shape index (κ1) is 18.3. The second-order valence-corrected chi connectivity index (χ2v) is 6.39. The van der Waals surface area contributed by atoms with Gasteiger partial charge in [-0.25, -0.2) is 4.90 Å². The Labute approximate surface area is 163 Å². The molecule has 2 atom stereocenters. The van der Waals surface area contributed by atoms with Gasteiger partial charge in [-0.2, -0.15) is 0 Å². The Morgan fingerprint density at radius 2 is 1.90 bits per heavy atom. The number of benzene rings is 2. The minimum atomic E-state index is -1.13. The van der Waals surface area contributed by atoms with Crippen molar-refractivity contribution in [2.24, 2.45) is 11.1 Å². The van der Waals surface area contributed by atoms with Crippen LogP contribution in [0.4, 0.5) is 11.4 Å². The largest absolute Gasteiger partial charge is 0.427 e. The number of carbonyl (C=O) groups is 3. The molecule has 0 aromatic heterocycles.